The predicted octanol–water partition coefficient (Wildman–Crippen LogP) is 5.06. The minimum Gasteiger partial charge on any atom is -0.390 e. The zero-order valence-electron chi connectivity index (χ0n) is 23.3. The van der Waals surface area contributed by atoms with Crippen molar-refractivity contribution < 1.29 is 23.5 Å². The first-order valence-corrected chi connectivity index (χ1v) is 13.9. The number of carbonyl (C=O) groups is 2. The smallest absolute Gasteiger partial charge is 0.253 e. The Morgan fingerprint density at radius 1 is 0.775 bits per heavy atom. The first kappa shape index (κ1) is 30.9. The molecule has 0 unspecified atom stereocenters. The fraction of sp³-hybridized carbons (Fsp3) is 0.375. The first-order chi connectivity index (χ1) is 19.3. The minimum absolute atomic E-state index is 0.00832. The molecule has 0 aliphatic heterocycles. The van der Waals surface area contributed by atoms with Crippen LogP contribution in [0.5, 0.6) is 0 Å². The number of nitrogens with zero attached hydrogens (tertiary/aromatic N) is 2. The molecule has 214 valence electrons. The number of rotatable bonds is 15. The van der Waals surface area contributed by atoms with Crippen LogP contribution < -0.4 is 5.32 Å². The highest BCUT2D eigenvalue weighted by atomic mass is 19.1. The van der Waals surface area contributed by atoms with Crippen LogP contribution in [0.15, 0.2) is 72.8 Å². The lowest BCUT2D eigenvalue weighted by Gasteiger charge is -2.26. The third-order valence-electron chi connectivity index (χ3n) is 6.49. The van der Waals surface area contributed by atoms with Gasteiger partial charge in [0.1, 0.15) is 11.6 Å². The van der Waals surface area contributed by atoms with Crippen LogP contribution in [-0.2, 0) is 13.0 Å². The molecule has 0 aliphatic carbocycles. The molecule has 3 aromatic rings. The number of nitrogens with one attached hydrogen (secondary N) is 1. The van der Waals surface area contributed by atoms with Crippen molar-refractivity contribution in [2.24, 2.45) is 0 Å². The number of amides is 2. The lowest BCUT2D eigenvalue weighted by atomic mass is 10.1. The second-order valence-electron chi connectivity index (χ2n) is 9.92. The highest BCUT2D eigenvalue weighted by Gasteiger charge is 2.22. The van der Waals surface area contributed by atoms with Gasteiger partial charge in [-0.15, -0.1) is 0 Å². The summed E-state index contributed by atoms with van der Waals surface area (Å²) in [6, 6.07) is 19.6. The van der Waals surface area contributed by atoms with Gasteiger partial charge in [0, 0.05) is 56.5 Å². The molecule has 0 saturated carbocycles. The predicted molar refractivity (Wildman–Crippen MR) is 153 cm³/mol. The van der Waals surface area contributed by atoms with E-state index in [0.717, 1.165) is 24.5 Å². The van der Waals surface area contributed by atoms with E-state index in [2.05, 4.69) is 5.32 Å². The fourth-order valence-corrected chi connectivity index (χ4v) is 4.60. The molecule has 8 heteroatoms. The van der Waals surface area contributed by atoms with Crippen molar-refractivity contribution >= 4 is 11.8 Å². The summed E-state index contributed by atoms with van der Waals surface area (Å²) in [5, 5.41) is 14.0. The topological polar surface area (TPSA) is 72.9 Å². The maximum absolute atomic E-state index is 13.8. The number of hydrogen-bond donors (Lipinski definition) is 2. The molecule has 3 aromatic carbocycles. The molecule has 40 heavy (non-hydrogen) atoms. The van der Waals surface area contributed by atoms with Crippen LogP contribution in [0.1, 0.15) is 58.5 Å². The monoisotopic (exact) mass is 551 g/mol. The van der Waals surface area contributed by atoms with Crippen LogP contribution in [0.4, 0.5) is 8.78 Å². The zero-order valence-corrected chi connectivity index (χ0v) is 23.3. The van der Waals surface area contributed by atoms with Gasteiger partial charge in [0.25, 0.3) is 11.8 Å². The largest absolute Gasteiger partial charge is 0.390 e. The number of halogens is 2. The van der Waals surface area contributed by atoms with Gasteiger partial charge in [-0.25, -0.2) is 8.78 Å². The lowest BCUT2D eigenvalue weighted by molar-refractivity contribution is 0.0624. The van der Waals surface area contributed by atoms with Gasteiger partial charge < -0.3 is 20.2 Å². The molecule has 2 N–H and O–H groups in total. The highest BCUT2D eigenvalue weighted by molar-refractivity contribution is 5.99. The molecule has 1 atom stereocenters. The Morgan fingerprint density at radius 3 is 1.98 bits per heavy atom. The number of hydrogen-bond acceptors (Lipinski definition) is 4. The Hall–Kier alpha value is -3.62. The maximum Gasteiger partial charge on any atom is 0.253 e. The normalized spacial score (nSPS) is 11.7. The SMILES string of the molecule is CCCN(CCC)C(=O)c1cccc(C(=O)N(CCc2cc(F)cc(F)c2)C[C@H](O)CNCc2ccccc2)c1. The van der Waals surface area contributed by atoms with Crippen LogP contribution in [0, 0.1) is 11.6 Å². The summed E-state index contributed by atoms with van der Waals surface area (Å²) >= 11 is 0. The Balaban J connectivity index is 1.75. The zero-order chi connectivity index (χ0) is 28.9. The molecular formula is C32H39F2N3O3. The molecule has 6 nitrogen and oxygen atoms in total. The second-order valence-corrected chi connectivity index (χ2v) is 9.92. The molecular weight excluding hydrogens is 512 g/mol. The molecule has 3 rings (SSSR count). The molecule has 2 amide bonds. The van der Waals surface area contributed by atoms with Gasteiger partial charge >= 0.3 is 0 Å². The van der Waals surface area contributed by atoms with E-state index in [0.29, 0.717) is 36.3 Å². The second kappa shape index (κ2) is 15.8. The summed E-state index contributed by atoms with van der Waals surface area (Å²) in [4.78, 5) is 30.0. The van der Waals surface area contributed by atoms with E-state index < -0.39 is 17.7 Å². The van der Waals surface area contributed by atoms with Gasteiger partial charge in [0.15, 0.2) is 0 Å². The van der Waals surface area contributed by atoms with Crippen molar-refractivity contribution in [1.29, 1.82) is 0 Å². The third-order valence-corrected chi connectivity index (χ3v) is 6.49. The molecule has 0 saturated heterocycles. The van der Waals surface area contributed by atoms with E-state index >= 15 is 0 Å². The number of aliphatic hydroxyl groups excluding tert-OH is 1. The maximum atomic E-state index is 13.8. The summed E-state index contributed by atoms with van der Waals surface area (Å²) in [5.74, 6) is -1.88. The lowest BCUT2D eigenvalue weighted by Crippen LogP contribution is -2.42. The number of benzene rings is 3. The average molecular weight is 552 g/mol. The van der Waals surface area contributed by atoms with Crippen LogP contribution in [0.25, 0.3) is 0 Å². The van der Waals surface area contributed by atoms with Crippen LogP contribution in [0.2, 0.25) is 0 Å². The van der Waals surface area contributed by atoms with E-state index in [9.17, 15) is 23.5 Å². The van der Waals surface area contributed by atoms with Crippen molar-refractivity contribution in [3.63, 3.8) is 0 Å². The average Bonchev–Trinajstić information content (AvgIpc) is 2.94. The number of carbonyl (C=O) groups excluding carboxylic acids is 2. The van der Waals surface area contributed by atoms with Gasteiger partial charge in [0.2, 0.25) is 0 Å². The molecule has 0 aliphatic rings. The van der Waals surface area contributed by atoms with E-state index in [1.807, 2.05) is 44.2 Å². The van der Waals surface area contributed by atoms with Crippen LogP contribution in [-0.4, -0.2) is 65.5 Å². The Kier molecular flexibility index (Phi) is 12.2. The van der Waals surface area contributed by atoms with Crippen molar-refractivity contribution in [3.8, 4) is 0 Å². The molecule has 0 heterocycles. The van der Waals surface area contributed by atoms with E-state index in [-0.39, 0.29) is 37.9 Å². The molecule has 0 radical (unpaired) electrons. The Bertz CT molecular complexity index is 1210. The molecule has 0 bridgehead atoms. The quantitative estimate of drug-likeness (QED) is 0.277. The fourth-order valence-electron chi connectivity index (χ4n) is 4.60. The van der Waals surface area contributed by atoms with E-state index in [4.69, 9.17) is 0 Å². The minimum atomic E-state index is -0.883. The van der Waals surface area contributed by atoms with Gasteiger partial charge in [-0.2, -0.15) is 0 Å². The van der Waals surface area contributed by atoms with E-state index in [1.165, 1.54) is 17.0 Å². The van der Waals surface area contributed by atoms with Gasteiger partial charge in [0.05, 0.1) is 6.10 Å². The van der Waals surface area contributed by atoms with Crippen LogP contribution in [0.3, 0.4) is 0 Å². The molecule has 0 fully saturated rings. The van der Waals surface area contributed by atoms with Gasteiger partial charge in [-0.05, 0) is 60.7 Å². The van der Waals surface area contributed by atoms with Crippen molar-refractivity contribution in [1.82, 2.24) is 15.1 Å². The standard InChI is InChI=1S/C32H39F2N3O3/c1-3-14-36(15-4-2)31(39)26-11-8-12-27(19-26)32(40)37(16-13-25-17-28(33)20-29(34)18-25)23-30(38)22-35-21-24-9-6-5-7-10-24/h5-12,17-20,30,35,38H,3-4,13-16,21-23H2,1-2H3/t30-/m1/s1. The van der Waals surface area contributed by atoms with Gasteiger partial charge in [-0.3, -0.25) is 9.59 Å². The number of aliphatic hydroxyl groups is 1. The molecule has 0 spiro atoms. The van der Waals surface area contributed by atoms with Crippen molar-refractivity contribution in [2.75, 3.05) is 32.7 Å². The van der Waals surface area contributed by atoms with Gasteiger partial charge in [-0.1, -0.05) is 50.2 Å². The summed E-state index contributed by atoms with van der Waals surface area (Å²) in [6.45, 7) is 6.23. The summed E-state index contributed by atoms with van der Waals surface area (Å²) in [7, 11) is 0. The Morgan fingerprint density at radius 2 is 1.38 bits per heavy atom. The third kappa shape index (κ3) is 9.54. The summed E-state index contributed by atoms with van der Waals surface area (Å²) in [6.07, 6.45) is 0.972. The van der Waals surface area contributed by atoms with Crippen molar-refractivity contribution in [3.05, 3.63) is 107 Å². The highest BCUT2D eigenvalue weighted by Crippen LogP contribution is 2.15. The first-order valence-electron chi connectivity index (χ1n) is 13.9. The molecule has 0 aromatic heterocycles. The van der Waals surface area contributed by atoms with E-state index in [1.54, 1.807) is 29.2 Å². The van der Waals surface area contributed by atoms with Crippen LogP contribution >= 0.6 is 0 Å². The summed E-state index contributed by atoms with van der Waals surface area (Å²) in [5.41, 5.74) is 2.21. The van der Waals surface area contributed by atoms with Crippen molar-refractivity contribution in [2.45, 2.75) is 45.8 Å². The summed E-state index contributed by atoms with van der Waals surface area (Å²) < 4.78 is 27.5. The Labute approximate surface area is 235 Å².